The van der Waals surface area contributed by atoms with Gasteiger partial charge < -0.3 is 9.80 Å². The number of aromatic nitrogens is 2. The Morgan fingerprint density at radius 1 is 1.07 bits per heavy atom. The topological polar surface area (TPSA) is 27.5 Å². The average molecular weight is 428 g/mol. The van der Waals surface area contributed by atoms with E-state index < -0.39 is 0 Å². The summed E-state index contributed by atoms with van der Waals surface area (Å²) < 4.78 is 15.5. The Labute approximate surface area is 182 Å². The van der Waals surface area contributed by atoms with Crippen LogP contribution in [0.3, 0.4) is 0 Å². The standard InChI is InChI=1S/C23H30FN5S/c1-4-27(15-19-9-14-30-17-19)16-22-18(2)25-29(21-7-5-20(24)6-8-21)23(22)28-12-10-26(3)11-13-28/h5-9,14,17H,4,10-13,15-16H2,1-3H3. The molecular weight excluding hydrogens is 397 g/mol. The molecule has 1 fully saturated rings. The van der Waals surface area contributed by atoms with Crippen LogP contribution in [0.15, 0.2) is 41.1 Å². The first-order valence-electron chi connectivity index (χ1n) is 10.6. The fourth-order valence-electron chi connectivity index (χ4n) is 3.98. The molecule has 0 N–H and O–H groups in total. The SMILES string of the molecule is CCN(Cc1ccsc1)Cc1c(C)nn(-c2ccc(F)cc2)c1N1CCN(C)CC1. The molecule has 0 unspecified atom stereocenters. The summed E-state index contributed by atoms with van der Waals surface area (Å²) in [5.41, 5.74) is 4.56. The Bertz CT molecular complexity index is 943. The largest absolute Gasteiger partial charge is 0.354 e. The van der Waals surface area contributed by atoms with Gasteiger partial charge in [-0.15, -0.1) is 0 Å². The maximum atomic E-state index is 13.5. The van der Waals surface area contributed by atoms with Crippen molar-refractivity contribution < 1.29 is 4.39 Å². The third kappa shape index (κ3) is 4.58. The molecule has 2 aromatic heterocycles. The van der Waals surface area contributed by atoms with Crippen molar-refractivity contribution in [3.8, 4) is 5.69 Å². The molecule has 160 valence electrons. The third-order valence-corrected chi connectivity index (χ3v) is 6.58. The van der Waals surface area contributed by atoms with E-state index in [9.17, 15) is 4.39 Å². The van der Waals surface area contributed by atoms with Gasteiger partial charge in [0.2, 0.25) is 0 Å². The van der Waals surface area contributed by atoms with Crippen LogP contribution in [0.4, 0.5) is 10.2 Å². The van der Waals surface area contributed by atoms with Crippen LogP contribution in [0.5, 0.6) is 0 Å². The monoisotopic (exact) mass is 427 g/mol. The molecule has 3 heterocycles. The highest BCUT2D eigenvalue weighted by molar-refractivity contribution is 7.07. The molecule has 4 rings (SSSR count). The van der Waals surface area contributed by atoms with Crippen LogP contribution >= 0.6 is 11.3 Å². The molecule has 5 nitrogen and oxygen atoms in total. The predicted octanol–water partition coefficient (Wildman–Crippen LogP) is 4.16. The first kappa shape index (κ1) is 21.0. The van der Waals surface area contributed by atoms with E-state index in [1.165, 1.54) is 23.3 Å². The van der Waals surface area contributed by atoms with Gasteiger partial charge in [0.1, 0.15) is 11.6 Å². The minimum Gasteiger partial charge on any atom is -0.354 e. The normalized spacial score (nSPS) is 15.3. The minimum atomic E-state index is -0.225. The zero-order chi connectivity index (χ0) is 21.1. The molecule has 0 atom stereocenters. The summed E-state index contributed by atoms with van der Waals surface area (Å²) in [6, 6.07) is 8.84. The number of likely N-dealkylation sites (N-methyl/N-ethyl adjacent to an activating group) is 1. The Balaban J connectivity index is 1.70. The molecule has 0 spiro atoms. The average Bonchev–Trinajstić information content (AvgIpc) is 3.37. The van der Waals surface area contributed by atoms with E-state index in [-0.39, 0.29) is 5.82 Å². The predicted molar refractivity (Wildman–Crippen MR) is 122 cm³/mol. The molecule has 0 amide bonds. The number of hydrogen-bond donors (Lipinski definition) is 0. The Hall–Kier alpha value is -2.22. The number of benzene rings is 1. The van der Waals surface area contributed by atoms with Gasteiger partial charge in [-0.3, -0.25) is 4.90 Å². The van der Waals surface area contributed by atoms with Gasteiger partial charge in [0.25, 0.3) is 0 Å². The van der Waals surface area contributed by atoms with E-state index in [4.69, 9.17) is 5.10 Å². The molecule has 1 aliphatic rings. The first-order chi connectivity index (χ1) is 14.5. The van der Waals surface area contributed by atoms with Crippen molar-refractivity contribution in [2.24, 2.45) is 0 Å². The highest BCUT2D eigenvalue weighted by Gasteiger charge is 2.25. The van der Waals surface area contributed by atoms with E-state index >= 15 is 0 Å². The second kappa shape index (κ2) is 9.29. The van der Waals surface area contributed by atoms with E-state index in [0.717, 1.165) is 63.0 Å². The molecule has 0 bridgehead atoms. The van der Waals surface area contributed by atoms with E-state index in [1.807, 2.05) is 16.8 Å². The van der Waals surface area contributed by atoms with Crippen molar-refractivity contribution in [2.75, 3.05) is 44.7 Å². The van der Waals surface area contributed by atoms with Gasteiger partial charge in [0.15, 0.2) is 0 Å². The second-order valence-corrected chi connectivity index (χ2v) is 8.78. The zero-order valence-corrected chi connectivity index (χ0v) is 18.8. The van der Waals surface area contributed by atoms with Crippen molar-refractivity contribution in [1.29, 1.82) is 0 Å². The van der Waals surface area contributed by atoms with Crippen LogP contribution in [-0.4, -0.2) is 59.4 Å². The number of rotatable bonds is 7. The van der Waals surface area contributed by atoms with Crippen LogP contribution in [0, 0.1) is 12.7 Å². The van der Waals surface area contributed by atoms with Crippen molar-refractivity contribution in [3.63, 3.8) is 0 Å². The molecule has 3 aromatic rings. The van der Waals surface area contributed by atoms with Gasteiger partial charge in [-0.1, -0.05) is 6.92 Å². The lowest BCUT2D eigenvalue weighted by Gasteiger charge is -2.35. The lowest BCUT2D eigenvalue weighted by Crippen LogP contribution is -2.45. The number of piperazine rings is 1. The summed E-state index contributed by atoms with van der Waals surface area (Å²) in [6.45, 7) is 11.0. The van der Waals surface area contributed by atoms with Crippen LogP contribution in [0.25, 0.3) is 5.69 Å². The Morgan fingerprint density at radius 3 is 2.43 bits per heavy atom. The molecule has 1 saturated heterocycles. The van der Waals surface area contributed by atoms with Gasteiger partial charge in [0, 0.05) is 44.8 Å². The molecule has 1 aromatic carbocycles. The highest BCUT2D eigenvalue weighted by atomic mass is 32.1. The van der Waals surface area contributed by atoms with Crippen molar-refractivity contribution in [3.05, 3.63) is 63.7 Å². The molecule has 1 aliphatic heterocycles. The number of aryl methyl sites for hydroxylation is 1. The molecule has 0 radical (unpaired) electrons. The summed E-state index contributed by atoms with van der Waals surface area (Å²) in [5.74, 6) is 0.924. The van der Waals surface area contributed by atoms with Crippen molar-refractivity contribution >= 4 is 17.2 Å². The van der Waals surface area contributed by atoms with Crippen molar-refractivity contribution in [1.82, 2.24) is 19.6 Å². The van der Waals surface area contributed by atoms with Crippen LogP contribution in [0.1, 0.15) is 23.7 Å². The van der Waals surface area contributed by atoms with Crippen LogP contribution < -0.4 is 4.90 Å². The number of anilines is 1. The van der Waals surface area contributed by atoms with Gasteiger partial charge in [-0.25, -0.2) is 9.07 Å². The van der Waals surface area contributed by atoms with Crippen LogP contribution in [0.2, 0.25) is 0 Å². The number of thiophene rings is 1. The highest BCUT2D eigenvalue weighted by Crippen LogP contribution is 2.30. The number of halogens is 1. The fourth-order valence-corrected chi connectivity index (χ4v) is 4.64. The number of nitrogens with zero attached hydrogens (tertiary/aromatic N) is 5. The quantitative estimate of drug-likeness (QED) is 0.566. The molecule has 0 saturated carbocycles. The maximum absolute atomic E-state index is 13.5. The molecule has 30 heavy (non-hydrogen) atoms. The third-order valence-electron chi connectivity index (χ3n) is 5.85. The summed E-state index contributed by atoms with van der Waals surface area (Å²) in [6.07, 6.45) is 0. The van der Waals surface area contributed by atoms with Gasteiger partial charge >= 0.3 is 0 Å². The van der Waals surface area contributed by atoms with E-state index in [0.29, 0.717) is 0 Å². The zero-order valence-electron chi connectivity index (χ0n) is 18.0. The smallest absolute Gasteiger partial charge is 0.137 e. The van der Waals surface area contributed by atoms with Crippen LogP contribution in [-0.2, 0) is 13.1 Å². The van der Waals surface area contributed by atoms with Crippen molar-refractivity contribution in [2.45, 2.75) is 26.9 Å². The Morgan fingerprint density at radius 2 is 1.80 bits per heavy atom. The molecule has 7 heteroatoms. The fraction of sp³-hybridized carbons (Fsp3) is 0.435. The van der Waals surface area contributed by atoms with E-state index in [2.05, 4.69) is 52.4 Å². The summed E-state index contributed by atoms with van der Waals surface area (Å²) in [7, 11) is 2.17. The minimum absolute atomic E-state index is 0.225. The first-order valence-corrected chi connectivity index (χ1v) is 11.5. The molecular formula is C23H30FN5S. The summed E-state index contributed by atoms with van der Waals surface area (Å²) in [4.78, 5) is 7.26. The van der Waals surface area contributed by atoms with Gasteiger partial charge in [-0.05, 0) is 67.2 Å². The van der Waals surface area contributed by atoms with E-state index in [1.54, 1.807) is 11.3 Å². The second-order valence-electron chi connectivity index (χ2n) is 8.00. The number of hydrogen-bond acceptors (Lipinski definition) is 5. The van der Waals surface area contributed by atoms with Gasteiger partial charge in [-0.2, -0.15) is 16.4 Å². The van der Waals surface area contributed by atoms with Gasteiger partial charge in [0.05, 0.1) is 11.4 Å². The maximum Gasteiger partial charge on any atom is 0.137 e. The lowest BCUT2D eigenvalue weighted by molar-refractivity contribution is 0.270. The summed E-state index contributed by atoms with van der Waals surface area (Å²) >= 11 is 1.74. The Kier molecular flexibility index (Phi) is 6.51. The molecule has 0 aliphatic carbocycles. The lowest BCUT2D eigenvalue weighted by atomic mass is 10.1. The summed E-state index contributed by atoms with van der Waals surface area (Å²) in [5, 5.41) is 9.26.